The molecule has 0 atom stereocenters. The first kappa shape index (κ1) is 14.0. The Hall–Kier alpha value is -2.41. The van der Waals surface area contributed by atoms with Gasteiger partial charge in [-0.1, -0.05) is 11.6 Å². The fourth-order valence-electron chi connectivity index (χ4n) is 1.57. The van der Waals surface area contributed by atoms with E-state index < -0.39 is 4.92 Å². The van der Waals surface area contributed by atoms with Gasteiger partial charge >= 0.3 is 5.69 Å². The second-order valence-electron chi connectivity index (χ2n) is 3.95. The van der Waals surface area contributed by atoms with Gasteiger partial charge in [0.15, 0.2) is 5.75 Å². The Morgan fingerprint density at radius 2 is 2.30 bits per heavy atom. The summed E-state index contributed by atoms with van der Waals surface area (Å²) in [4.78, 5) is 25.1. The largest absolute Gasteiger partial charge is 0.479 e. The molecule has 1 aromatic carbocycles. The van der Waals surface area contributed by atoms with Crippen LogP contribution in [0.5, 0.6) is 5.75 Å². The molecule has 0 aliphatic heterocycles. The molecule has 0 spiro atoms. The Balaban J connectivity index is 2.25. The molecule has 1 aromatic heterocycles. The molecular formula is C12H10ClN3O4. The number of nitrogens with zero attached hydrogens (tertiary/aromatic N) is 3. The van der Waals surface area contributed by atoms with Crippen LogP contribution in [-0.2, 0) is 13.7 Å². The molecule has 0 N–H and O–H groups in total. The lowest BCUT2D eigenvalue weighted by Gasteiger charge is -2.07. The van der Waals surface area contributed by atoms with Crippen molar-refractivity contribution in [3.05, 3.63) is 51.1 Å². The number of hydrogen-bond donors (Lipinski definition) is 0. The second-order valence-corrected chi connectivity index (χ2v) is 4.33. The number of halogens is 1. The quantitative estimate of drug-likeness (QED) is 0.480. The molecular weight excluding hydrogens is 286 g/mol. The van der Waals surface area contributed by atoms with E-state index in [-0.39, 0.29) is 18.0 Å². The Morgan fingerprint density at radius 3 is 2.85 bits per heavy atom. The number of hydrogen-bond acceptors (Lipinski definition) is 5. The molecule has 0 aliphatic rings. The van der Waals surface area contributed by atoms with Crippen LogP contribution in [-0.4, -0.2) is 20.8 Å². The zero-order chi connectivity index (χ0) is 14.7. The monoisotopic (exact) mass is 295 g/mol. The van der Waals surface area contributed by atoms with Crippen molar-refractivity contribution in [3.63, 3.8) is 0 Å². The van der Waals surface area contributed by atoms with Crippen LogP contribution in [0.25, 0.3) is 0 Å². The van der Waals surface area contributed by atoms with Gasteiger partial charge in [-0.3, -0.25) is 14.9 Å². The number of carbonyl (C=O) groups excluding carboxylic acids is 1. The SMILES string of the molecule is Cn1c(Cl)cnc1COc1cc(C=O)ccc1[N+](=O)[O-]. The third-order valence-corrected chi connectivity index (χ3v) is 3.05. The molecule has 2 rings (SSSR count). The maximum absolute atomic E-state index is 10.9. The Bertz CT molecular complexity index is 669. The highest BCUT2D eigenvalue weighted by molar-refractivity contribution is 6.29. The number of imidazole rings is 1. The zero-order valence-electron chi connectivity index (χ0n) is 10.4. The van der Waals surface area contributed by atoms with Crippen LogP contribution in [0, 0.1) is 10.1 Å². The summed E-state index contributed by atoms with van der Waals surface area (Å²) in [6, 6.07) is 3.90. The first-order chi connectivity index (χ1) is 9.52. The van der Waals surface area contributed by atoms with E-state index in [4.69, 9.17) is 16.3 Å². The molecule has 0 aliphatic carbocycles. The number of nitro groups is 1. The topological polar surface area (TPSA) is 87.3 Å². The molecule has 104 valence electrons. The van der Waals surface area contributed by atoms with Crippen molar-refractivity contribution in [2.45, 2.75) is 6.61 Å². The van der Waals surface area contributed by atoms with Crippen molar-refractivity contribution >= 4 is 23.6 Å². The summed E-state index contributed by atoms with van der Waals surface area (Å²) < 4.78 is 6.97. The molecule has 7 nitrogen and oxygen atoms in total. The summed E-state index contributed by atoms with van der Waals surface area (Å²) in [5, 5.41) is 11.3. The maximum atomic E-state index is 10.9. The number of aromatic nitrogens is 2. The molecule has 0 bridgehead atoms. The summed E-state index contributed by atoms with van der Waals surface area (Å²) in [7, 11) is 1.70. The molecule has 20 heavy (non-hydrogen) atoms. The van der Waals surface area contributed by atoms with Gasteiger partial charge in [-0.25, -0.2) is 4.98 Å². The summed E-state index contributed by atoms with van der Waals surface area (Å²) in [6.45, 7) is 0.00632. The summed E-state index contributed by atoms with van der Waals surface area (Å²) in [6.07, 6.45) is 2.05. The van der Waals surface area contributed by atoms with Gasteiger partial charge < -0.3 is 9.30 Å². The fraction of sp³-hybridized carbons (Fsp3) is 0.167. The second kappa shape index (κ2) is 5.70. The molecule has 0 radical (unpaired) electrons. The third-order valence-electron chi connectivity index (χ3n) is 2.70. The van der Waals surface area contributed by atoms with E-state index in [0.717, 1.165) is 0 Å². The van der Waals surface area contributed by atoms with Crippen LogP contribution in [0.1, 0.15) is 16.2 Å². The number of benzene rings is 1. The van der Waals surface area contributed by atoms with Gasteiger partial charge in [0.1, 0.15) is 23.9 Å². The highest BCUT2D eigenvalue weighted by Gasteiger charge is 2.16. The van der Waals surface area contributed by atoms with E-state index in [0.29, 0.717) is 22.8 Å². The molecule has 1 heterocycles. The molecule has 0 unspecified atom stereocenters. The smallest absolute Gasteiger partial charge is 0.310 e. The Morgan fingerprint density at radius 1 is 1.55 bits per heavy atom. The standard InChI is InChI=1S/C12H10ClN3O4/c1-15-11(13)5-14-12(15)7-20-10-4-8(6-17)2-3-9(10)16(18)19/h2-6H,7H2,1H3. The lowest BCUT2D eigenvalue weighted by molar-refractivity contribution is -0.386. The summed E-state index contributed by atoms with van der Waals surface area (Å²) in [5.41, 5.74) is 0.0828. The van der Waals surface area contributed by atoms with Gasteiger partial charge in [-0.15, -0.1) is 0 Å². The van der Waals surface area contributed by atoms with Crippen molar-refractivity contribution < 1.29 is 14.5 Å². The average Bonchev–Trinajstić information content (AvgIpc) is 2.76. The minimum absolute atomic E-state index is 0.00632. The Labute approximate surface area is 118 Å². The highest BCUT2D eigenvalue weighted by Crippen LogP contribution is 2.28. The van der Waals surface area contributed by atoms with E-state index in [1.54, 1.807) is 11.6 Å². The predicted octanol–water partition coefficient (Wildman–Crippen LogP) is 2.37. The summed E-state index contributed by atoms with van der Waals surface area (Å²) >= 11 is 5.83. The highest BCUT2D eigenvalue weighted by atomic mass is 35.5. The first-order valence-electron chi connectivity index (χ1n) is 5.55. The van der Waals surface area contributed by atoms with Gasteiger partial charge in [0.25, 0.3) is 0 Å². The Kier molecular flexibility index (Phi) is 3.99. The van der Waals surface area contributed by atoms with Gasteiger partial charge in [0.05, 0.1) is 11.1 Å². The van der Waals surface area contributed by atoms with Crippen molar-refractivity contribution in [2.24, 2.45) is 7.05 Å². The number of ether oxygens (including phenoxy) is 1. The van der Waals surface area contributed by atoms with Crippen molar-refractivity contribution in [2.75, 3.05) is 0 Å². The third kappa shape index (κ3) is 2.77. The van der Waals surface area contributed by atoms with E-state index in [1.165, 1.54) is 24.4 Å². The molecule has 2 aromatic rings. The van der Waals surface area contributed by atoms with Crippen LogP contribution in [0.15, 0.2) is 24.4 Å². The lowest BCUT2D eigenvalue weighted by atomic mass is 10.2. The lowest BCUT2D eigenvalue weighted by Crippen LogP contribution is -2.05. The van der Waals surface area contributed by atoms with E-state index >= 15 is 0 Å². The van der Waals surface area contributed by atoms with Crippen molar-refractivity contribution in [1.29, 1.82) is 0 Å². The van der Waals surface area contributed by atoms with Crippen LogP contribution >= 0.6 is 11.6 Å². The van der Waals surface area contributed by atoms with Crippen LogP contribution < -0.4 is 4.74 Å². The van der Waals surface area contributed by atoms with E-state index in [1.807, 2.05) is 0 Å². The predicted molar refractivity (Wildman–Crippen MR) is 71.0 cm³/mol. The molecule has 0 saturated heterocycles. The van der Waals surface area contributed by atoms with Crippen molar-refractivity contribution in [3.8, 4) is 5.75 Å². The maximum Gasteiger partial charge on any atom is 0.310 e. The van der Waals surface area contributed by atoms with Crippen LogP contribution in [0.2, 0.25) is 5.15 Å². The minimum atomic E-state index is -0.574. The van der Waals surface area contributed by atoms with Gasteiger partial charge in [-0.2, -0.15) is 0 Å². The molecule has 0 fully saturated rings. The van der Waals surface area contributed by atoms with Gasteiger partial charge in [0.2, 0.25) is 0 Å². The van der Waals surface area contributed by atoms with E-state index in [2.05, 4.69) is 4.98 Å². The first-order valence-corrected chi connectivity index (χ1v) is 5.93. The van der Waals surface area contributed by atoms with Gasteiger partial charge in [-0.05, 0) is 12.1 Å². The van der Waals surface area contributed by atoms with Gasteiger partial charge in [0, 0.05) is 18.7 Å². The number of nitro benzene ring substituents is 1. The minimum Gasteiger partial charge on any atom is -0.479 e. The van der Waals surface area contributed by atoms with E-state index in [9.17, 15) is 14.9 Å². The average molecular weight is 296 g/mol. The number of rotatable bonds is 5. The fourth-order valence-corrected chi connectivity index (χ4v) is 1.72. The number of carbonyl (C=O) groups is 1. The zero-order valence-corrected chi connectivity index (χ0v) is 11.2. The molecule has 8 heteroatoms. The van der Waals surface area contributed by atoms with Crippen molar-refractivity contribution in [1.82, 2.24) is 9.55 Å². The molecule has 0 saturated carbocycles. The summed E-state index contributed by atoms with van der Waals surface area (Å²) in [5.74, 6) is 0.527. The van der Waals surface area contributed by atoms with Crippen LogP contribution in [0.4, 0.5) is 5.69 Å². The number of aldehydes is 1. The normalized spacial score (nSPS) is 10.3. The van der Waals surface area contributed by atoms with Crippen LogP contribution in [0.3, 0.4) is 0 Å². The molecule has 0 amide bonds.